The average Bonchev–Trinajstić information content (AvgIpc) is 2.70. The zero-order valence-electron chi connectivity index (χ0n) is 10.3. The van der Waals surface area contributed by atoms with Gasteiger partial charge in [0.15, 0.2) is 0 Å². The van der Waals surface area contributed by atoms with E-state index in [1.807, 2.05) is 0 Å². The van der Waals surface area contributed by atoms with Gasteiger partial charge in [-0.25, -0.2) is 0 Å². The fraction of sp³-hybridized carbons (Fsp3) is 0.571. The van der Waals surface area contributed by atoms with Crippen molar-refractivity contribution in [3.05, 3.63) is 23.8 Å². The third kappa shape index (κ3) is 1.20. The second-order valence-corrected chi connectivity index (χ2v) is 5.50. The monoisotopic (exact) mass is 229 g/mol. The summed E-state index contributed by atoms with van der Waals surface area (Å²) in [7, 11) is 2.22. The van der Waals surface area contributed by atoms with Crippen molar-refractivity contribution in [2.24, 2.45) is 0 Å². The van der Waals surface area contributed by atoms with Crippen molar-refractivity contribution in [1.82, 2.24) is 5.32 Å². The number of rotatable bonds is 0. The molecule has 1 saturated heterocycles. The molecule has 0 amide bonds. The molecule has 3 nitrogen and oxygen atoms in total. The standard InChI is InChI=1S/C14H19N3/c1-16-7-8-17-12-5-6-15-9-11(12)10-3-2-4-13(16)14(10)17/h2-4,11-12,15H,5-9H2,1H3/t11-,12?/m0/s1. The molecule has 3 heteroatoms. The summed E-state index contributed by atoms with van der Waals surface area (Å²) in [5.74, 6) is 0.713. The van der Waals surface area contributed by atoms with Gasteiger partial charge < -0.3 is 15.1 Å². The lowest BCUT2D eigenvalue weighted by molar-refractivity contribution is 0.402. The van der Waals surface area contributed by atoms with E-state index in [0.717, 1.165) is 19.1 Å². The van der Waals surface area contributed by atoms with Crippen LogP contribution in [0.25, 0.3) is 0 Å². The summed E-state index contributed by atoms with van der Waals surface area (Å²) in [6.07, 6.45) is 1.29. The maximum atomic E-state index is 3.55. The fourth-order valence-electron chi connectivity index (χ4n) is 3.83. The second kappa shape index (κ2) is 3.39. The molecule has 3 aliphatic heterocycles. The van der Waals surface area contributed by atoms with E-state index in [-0.39, 0.29) is 0 Å². The number of piperidine rings is 1. The average molecular weight is 229 g/mol. The Morgan fingerprint density at radius 3 is 3.18 bits per heavy atom. The lowest BCUT2D eigenvalue weighted by atomic mass is 9.90. The summed E-state index contributed by atoms with van der Waals surface area (Å²) in [5, 5.41) is 3.55. The van der Waals surface area contributed by atoms with Crippen molar-refractivity contribution in [1.29, 1.82) is 0 Å². The Balaban J connectivity index is 1.89. The largest absolute Gasteiger partial charge is 0.371 e. The van der Waals surface area contributed by atoms with Crippen molar-refractivity contribution in [2.75, 3.05) is 43.0 Å². The summed E-state index contributed by atoms with van der Waals surface area (Å²) in [5.41, 5.74) is 4.54. The van der Waals surface area contributed by atoms with Gasteiger partial charge in [0.25, 0.3) is 0 Å². The van der Waals surface area contributed by atoms with Crippen molar-refractivity contribution in [3.63, 3.8) is 0 Å². The van der Waals surface area contributed by atoms with Crippen LogP contribution < -0.4 is 15.1 Å². The van der Waals surface area contributed by atoms with E-state index in [1.54, 1.807) is 5.56 Å². The molecule has 0 saturated carbocycles. The van der Waals surface area contributed by atoms with Crippen LogP contribution in [-0.4, -0.2) is 39.3 Å². The van der Waals surface area contributed by atoms with E-state index >= 15 is 0 Å². The maximum absolute atomic E-state index is 3.55. The lowest BCUT2D eigenvalue weighted by Gasteiger charge is -2.39. The molecule has 1 N–H and O–H groups in total. The number of hydrogen-bond donors (Lipinski definition) is 1. The third-order valence-electron chi connectivity index (χ3n) is 4.67. The minimum Gasteiger partial charge on any atom is -0.371 e. The maximum Gasteiger partial charge on any atom is 0.0644 e. The number of nitrogens with zero attached hydrogens (tertiary/aromatic N) is 2. The molecule has 4 rings (SSSR count). The van der Waals surface area contributed by atoms with Crippen LogP contribution >= 0.6 is 0 Å². The van der Waals surface area contributed by atoms with Crippen molar-refractivity contribution in [3.8, 4) is 0 Å². The molecule has 0 radical (unpaired) electrons. The normalized spacial score (nSPS) is 30.2. The summed E-state index contributed by atoms with van der Waals surface area (Å²) < 4.78 is 0. The van der Waals surface area contributed by atoms with Crippen LogP contribution in [0.2, 0.25) is 0 Å². The highest BCUT2D eigenvalue weighted by molar-refractivity contribution is 5.80. The molecule has 0 spiro atoms. The predicted octanol–water partition coefficient (Wildman–Crippen LogP) is 1.40. The Hall–Kier alpha value is -1.22. The van der Waals surface area contributed by atoms with Crippen molar-refractivity contribution in [2.45, 2.75) is 18.4 Å². The smallest absolute Gasteiger partial charge is 0.0644 e. The van der Waals surface area contributed by atoms with Crippen LogP contribution in [0.4, 0.5) is 11.4 Å². The first-order chi connectivity index (χ1) is 8.36. The fourth-order valence-corrected chi connectivity index (χ4v) is 3.83. The van der Waals surface area contributed by atoms with Gasteiger partial charge in [0.1, 0.15) is 0 Å². The van der Waals surface area contributed by atoms with Crippen LogP contribution in [0.15, 0.2) is 18.2 Å². The summed E-state index contributed by atoms with van der Waals surface area (Å²) >= 11 is 0. The topological polar surface area (TPSA) is 18.5 Å². The van der Waals surface area contributed by atoms with Crippen LogP contribution in [0.3, 0.4) is 0 Å². The van der Waals surface area contributed by atoms with Gasteiger partial charge >= 0.3 is 0 Å². The molecule has 2 atom stereocenters. The van der Waals surface area contributed by atoms with E-state index in [0.29, 0.717) is 5.92 Å². The highest BCUT2D eigenvalue weighted by Crippen LogP contribution is 2.49. The molecule has 0 aromatic heterocycles. The van der Waals surface area contributed by atoms with Gasteiger partial charge in [-0.2, -0.15) is 0 Å². The van der Waals surface area contributed by atoms with Gasteiger partial charge in [-0.05, 0) is 24.6 Å². The highest BCUT2D eigenvalue weighted by Gasteiger charge is 2.42. The first-order valence-electron chi connectivity index (χ1n) is 6.67. The number of nitrogens with one attached hydrogen (secondary N) is 1. The van der Waals surface area contributed by atoms with Crippen LogP contribution in [-0.2, 0) is 0 Å². The Morgan fingerprint density at radius 2 is 2.24 bits per heavy atom. The number of benzene rings is 1. The minimum atomic E-state index is 0.713. The number of fused-ring (bicyclic) bond motifs is 3. The van der Waals surface area contributed by atoms with E-state index in [2.05, 4.69) is 40.4 Å². The second-order valence-electron chi connectivity index (χ2n) is 5.50. The first kappa shape index (κ1) is 9.77. The van der Waals surface area contributed by atoms with Gasteiger partial charge in [-0.3, -0.25) is 0 Å². The molecule has 90 valence electrons. The summed E-state index contributed by atoms with van der Waals surface area (Å²) in [4.78, 5) is 5.08. The Kier molecular flexibility index (Phi) is 1.95. The van der Waals surface area contributed by atoms with E-state index in [4.69, 9.17) is 0 Å². The van der Waals surface area contributed by atoms with Gasteiger partial charge in [0.2, 0.25) is 0 Å². The highest BCUT2D eigenvalue weighted by atomic mass is 15.3. The Bertz CT molecular complexity index is 457. The predicted molar refractivity (Wildman–Crippen MR) is 71.1 cm³/mol. The van der Waals surface area contributed by atoms with Crippen LogP contribution in [0.5, 0.6) is 0 Å². The molecule has 0 aliphatic carbocycles. The Morgan fingerprint density at radius 1 is 1.29 bits per heavy atom. The number of hydrogen-bond acceptors (Lipinski definition) is 3. The summed E-state index contributed by atoms with van der Waals surface area (Å²) in [6, 6.07) is 7.59. The first-order valence-corrected chi connectivity index (χ1v) is 6.67. The molecule has 1 fully saturated rings. The molecule has 3 aliphatic rings. The van der Waals surface area contributed by atoms with Crippen LogP contribution in [0.1, 0.15) is 17.9 Å². The zero-order valence-corrected chi connectivity index (χ0v) is 10.3. The van der Waals surface area contributed by atoms with Crippen molar-refractivity contribution >= 4 is 11.4 Å². The zero-order chi connectivity index (χ0) is 11.4. The molecule has 3 heterocycles. The van der Waals surface area contributed by atoms with Gasteiger partial charge in [-0.1, -0.05) is 12.1 Å². The molecular formula is C14H19N3. The summed E-state index contributed by atoms with van der Waals surface area (Å²) in [6.45, 7) is 4.69. The molecular weight excluding hydrogens is 210 g/mol. The van der Waals surface area contributed by atoms with Crippen LogP contribution in [0, 0.1) is 0 Å². The molecule has 17 heavy (non-hydrogen) atoms. The van der Waals surface area contributed by atoms with E-state index in [1.165, 1.54) is 30.9 Å². The number of likely N-dealkylation sites (N-methyl/N-ethyl adjacent to an activating group) is 1. The molecule has 1 aromatic carbocycles. The Labute approximate surface area is 102 Å². The molecule has 1 aromatic rings. The molecule has 0 bridgehead atoms. The van der Waals surface area contributed by atoms with E-state index in [9.17, 15) is 0 Å². The lowest BCUT2D eigenvalue weighted by Crippen LogP contribution is -2.48. The molecule has 1 unspecified atom stereocenters. The van der Waals surface area contributed by atoms with Gasteiger partial charge in [0.05, 0.1) is 11.4 Å². The van der Waals surface area contributed by atoms with E-state index < -0.39 is 0 Å². The van der Waals surface area contributed by atoms with Gasteiger partial charge in [-0.15, -0.1) is 0 Å². The third-order valence-corrected chi connectivity index (χ3v) is 4.67. The van der Waals surface area contributed by atoms with Crippen molar-refractivity contribution < 1.29 is 0 Å². The quantitative estimate of drug-likeness (QED) is 0.725. The SMILES string of the molecule is CN1CCN2c3c(cccc31)[C@@H]1CNCCC12. The minimum absolute atomic E-state index is 0.713. The van der Waals surface area contributed by atoms with Gasteiger partial charge in [0, 0.05) is 38.6 Å². The number of para-hydroxylation sites is 1. The number of anilines is 2.